The van der Waals surface area contributed by atoms with Gasteiger partial charge in [0.1, 0.15) is 0 Å². The summed E-state index contributed by atoms with van der Waals surface area (Å²) in [6, 6.07) is 10.8. The molecule has 0 bridgehead atoms. The number of amides is 1. The van der Waals surface area contributed by atoms with Crippen LogP contribution in [0.2, 0.25) is 0 Å². The van der Waals surface area contributed by atoms with E-state index < -0.39 is 10.0 Å². The van der Waals surface area contributed by atoms with Crippen LogP contribution in [0.3, 0.4) is 0 Å². The molecule has 2 aromatic carbocycles. The van der Waals surface area contributed by atoms with Gasteiger partial charge >= 0.3 is 0 Å². The molecule has 6 nitrogen and oxygen atoms in total. The largest absolute Gasteiger partial charge is 0.372 e. The fourth-order valence-electron chi connectivity index (χ4n) is 2.97. The number of benzene rings is 2. The lowest BCUT2D eigenvalue weighted by molar-refractivity contribution is 0.102. The first-order valence-corrected chi connectivity index (χ1v) is 10.8. The molecule has 0 unspecified atom stereocenters. The van der Waals surface area contributed by atoms with Gasteiger partial charge in [-0.1, -0.05) is 0 Å². The summed E-state index contributed by atoms with van der Waals surface area (Å²) < 4.78 is 26.3. The van der Waals surface area contributed by atoms with Gasteiger partial charge in [0.2, 0.25) is 10.0 Å². The van der Waals surface area contributed by atoms with Crippen molar-refractivity contribution in [3.63, 3.8) is 0 Å². The number of nitrogens with zero attached hydrogens (tertiary/aromatic N) is 2. The molecule has 152 valence electrons. The zero-order chi connectivity index (χ0) is 21.1. The lowest BCUT2D eigenvalue weighted by Gasteiger charge is -2.21. The third-order valence-electron chi connectivity index (χ3n) is 4.89. The average molecular weight is 404 g/mol. The first-order chi connectivity index (χ1) is 13.1. The Labute approximate surface area is 168 Å². The molecule has 0 fully saturated rings. The molecule has 0 aromatic heterocycles. The van der Waals surface area contributed by atoms with Crippen molar-refractivity contribution in [3.8, 4) is 0 Å². The van der Waals surface area contributed by atoms with Crippen LogP contribution in [0.4, 0.5) is 11.4 Å². The van der Waals surface area contributed by atoms with Crippen molar-refractivity contribution in [3.05, 3.63) is 53.1 Å². The van der Waals surface area contributed by atoms with E-state index in [2.05, 4.69) is 24.1 Å². The van der Waals surface area contributed by atoms with Gasteiger partial charge in [-0.3, -0.25) is 4.79 Å². The molecule has 1 N–H and O–H groups in total. The van der Waals surface area contributed by atoms with Crippen molar-refractivity contribution in [2.45, 2.75) is 32.6 Å². The summed E-state index contributed by atoms with van der Waals surface area (Å²) in [7, 11) is -0.671. The number of hydrogen-bond acceptors (Lipinski definition) is 4. The molecule has 1 amide bonds. The van der Waals surface area contributed by atoms with Crippen LogP contribution < -0.4 is 10.2 Å². The summed E-state index contributed by atoms with van der Waals surface area (Å²) in [6.07, 6.45) is 0. The number of aryl methyl sites for hydroxylation is 1. The molecule has 2 rings (SSSR count). The zero-order valence-electron chi connectivity index (χ0n) is 17.4. The van der Waals surface area contributed by atoms with E-state index in [9.17, 15) is 13.2 Å². The number of anilines is 2. The molecule has 0 aliphatic rings. The highest BCUT2D eigenvalue weighted by molar-refractivity contribution is 7.89. The Morgan fingerprint density at radius 3 is 2.07 bits per heavy atom. The number of nitrogens with one attached hydrogen (secondary N) is 1. The molecule has 0 spiro atoms. The lowest BCUT2D eigenvalue weighted by Crippen LogP contribution is -2.24. The van der Waals surface area contributed by atoms with E-state index in [1.165, 1.54) is 20.2 Å². The molecule has 0 saturated heterocycles. The van der Waals surface area contributed by atoms with E-state index in [4.69, 9.17) is 0 Å². The molecule has 0 aliphatic carbocycles. The summed E-state index contributed by atoms with van der Waals surface area (Å²) in [4.78, 5) is 15.1. The minimum Gasteiger partial charge on any atom is -0.372 e. The Bertz CT molecular complexity index is 948. The second kappa shape index (κ2) is 8.75. The molecule has 0 saturated carbocycles. The van der Waals surface area contributed by atoms with Crippen molar-refractivity contribution in [1.29, 1.82) is 0 Å². The minimum atomic E-state index is -3.63. The van der Waals surface area contributed by atoms with Crippen molar-refractivity contribution in [1.82, 2.24) is 4.31 Å². The second-order valence-corrected chi connectivity index (χ2v) is 9.00. The minimum absolute atomic E-state index is 0.152. The number of carbonyl (C=O) groups excluding carboxylic acids is 1. The lowest BCUT2D eigenvalue weighted by atomic mass is 10.1. The highest BCUT2D eigenvalue weighted by Gasteiger charge is 2.23. The highest BCUT2D eigenvalue weighted by atomic mass is 32.2. The van der Waals surface area contributed by atoms with Crippen LogP contribution in [-0.4, -0.2) is 45.8 Å². The highest BCUT2D eigenvalue weighted by Crippen LogP contribution is 2.24. The van der Waals surface area contributed by atoms with Crippen LogP contribution >= 0.6 is 0 Å². The van der Waals surface area contributed by atoms with Gasteiger partial charge in [0.25, 0.3) is 5.91 Å². The van der Waals surface area contributed by atoms with E-state index in [1.807, 2.05) is 24.3 Å². The molecule has 7 heteroatoms. The summed E-state index contributed by atoms with van der Waals surface area (Å²) in [5.74, 6) is -0.339. The van der Waals surface area contributed by atoms with Gasteiger partial charge in [-0.05, 0) is 75.2 Å². The Kier molecular flexibility index (Phi) is 6.85. The van der Waals surface area contributed by atoms with Crippen molar-refractivity contribution < 1.29 is 13.2 Å². The number of carbonyl (C=O) groups is 1. The van der Waals surface area contributed by atoms with Crippen molar-refractivity contribution >= 4 is 27.3 Å². The fourth-order valence-corrected chi connectivity index (χ4v) is 4.19. The second-order valence-electron chi connectivity index (χ2n) is 6.88. The van der Waals surface area contributed by atoms with Gasteiger partial charge < -0.3 is 10.2 Å². The van der Waals surface area contributed by atoms with Crippen molar-refractivity contribution in [2.24, 2.45) is 0 Å². The first kappa shape index (κ1) is 21.9. The maximum Gasteiger partial charge on any atom is 0.255 e. The average Bonchev–Trinajstić information content (AvgIpc) is 2.65. The summed E-state index contributed by atoms with van der Waals surface area (Å²) in [5, 5.41) is 2.85. The van der Waals surface area contributed by atoms with Gasteiger partial charge in [-0.15, -0.1) is 0 Å². The van der Waals surface area contributed by atoms with E-state index in [0.717, 1.165) is 28.6 Å². The predicted molar refractivity (Wildman–Crippen MR) is 115 cm³/mol. The Morgan fingerprint density at radius 1 is 1.00 bits per heavy atom. The van der Waals surface area contributed by atoms with Gasteiger partial charge in [0.05, 0.1) is 4.90 Å². The smallest absolute Gasteiger partial charge is 0.255 e. The molecular weight excluding hydrogens is 374 g/mol. The molecule has 28 heavy (non-hydrogen) atoms. The molecular formula is C21H29N3O3S. The van der Waals surface area contributed by atoms with Crippen LogP contribution in [0.15, 0.2) is 41.3 Å². The Morgan fingerprint density at radius 2 is 1.57 bits per heavy atom. The third-order valence-corrected chi connectivity index (χ3v) is 6.84. The van der Waals surface area contributed by atoms with Crippen LogP contribution in [0.1, 0.15) is 35.3 Å². The normalized spacial score (nSPS) is 11.5. The third kappa shape index (κ3) is 4.54. The first-order valence-electron chi connectivity index (χ1n) is 9.31. The van der Waals surface area contributed by atoms with E-state index in [0.29, 0.717) is 16.8 Å². The Hall–Kier alpha value is -2.38. The summed E-state index contributed by atoms with van der Waals surface area (Å²) in [5.41, 5.74) is 3.47. The van der Waals surface area contributed by atoms with E-state index in [-0.39, 0.29) is 10.8 Å². The predicted octanol–water partition coefficient (Wildman–Crippen LogP) is 3.65. The fraction of sp³-hybridized carbons (Fsp3) is 0.381. The number of rotatable bonds is 7. The maximum absolute atomic E-state index is 12.7. The SMILES string of the molecule is CCN(CC)c1ccc(NC(=O)c2cc(C)c(C)c(S(=O)(=O)N(C)C)c2)cc1. The van der Waals surface area contributed by atoms with Crippen LogP contribution in [0.25, 0.3) is 0 Å². The Balaban J connectivity index is 2.31. The molecule has 2 aromatic rings. The quantitative estimate of drug-likeness (QED) is 0.766. The summed E-state index contributed by atoms with van der Waals surface area (Å²) >= 11 is 0. The molecule has 0 radical (unpaired) electrons. The number of hydrogen-bond donors (Lipinski definition) is 1. The van der Waals surface area contributed by atoms with E-state index in [1.54, 1.807) is 19.9 Å². The van der Waals surface area contributed by atoms with Gasteiger partial charge in [0, 0.05) is 44.1 Å². The monoisotopic (exact) mass is 403 g/mol. The van der Waals surface area contributed by atoms with Crippen LogP contribution in [-0.2, 0) is 10.0 Å². The topological polar surface area (TPSA) is 69.7 Å². The van der Waals surface area contributed by atoms with Gasteiger partial charge in [-0.2, -0.15) is 0 Å². The van der Waals surface area contributed by atoms with Gasteiger partial charge in [0.15, 0.2) is 0 Å². The van der Waals surface area contributed by atoms with Crippen LogP contribution in [0, 0.1) is 13.8 Å². The zero-order valence-corrected chi connectivity index (χ0v) is 18.2. The summed E-state index contributed by atoms with van der Waals surface area (Å²) in [6.45, 7) is 9.57. The van der Waals surface area contributed by atoms with E-state index >= 15 is 0 Å². The molecule has 0 atom stereocenters. The maximum atomic E-state index is 12.7. The van der Waals surface area contributed by atoms with Crippen molar-refractivity contribution in [2.75, 3.05) is 37.4 Å². The van der Waals surface area contributed by atoms with Crippen LogP contribution in [0.5, 0.6) is 0 Å². The standard InChI is InChI=1S/C21H29N3O3S/c1-7-24(8-2)19-11-9-18(10-12-19)22-21(25)17-13-15(3)16(4)20(14-17)28(26,27)23(5)6/h9-14H,7-8H2,1-6H3,(H,22,25). The molecule has 0 heterocycles. The molecule has 0 aliphatic heterocycles. The number of sulfonamides is 1. The van der Waals surface area contributed by atoms with Gasteiger partial charge in [-0.25, -0.2) is 12.7 Å².